The lowest BCUT2D eigenvalue weighted by atomic mass is 10.0. The minimum Gasteiger partial charge on any atom is -0.389 e. The van der Waals surface area contributed by atoms with Crippen LogP contribution in [0.5, 0.6) is 0 Å². The molecule has 16 heavy (non-hydrogen) atoms. The van der Waals surface area contributed by atoms with Gasteiger partial charge in [-0.15, -0.1) is 0 Å². The van der Waals surface area contributed by atoms with Crippen LogP contribution in [-0.2, 0) is 4.79 Å². The van der Waals surface area contributed by atoms with Crippen molar-refractivity contribution in [2.24, 2.45) is 0 Å². The smallest absolute Gasteiger partial charge is 0.239 e. The van der Waals surface area contributed by atoms with Crippen LogP contribution in [0.15, 0.2) is 0 Å². The zero-order chi connectivity index (χ0) is 12.2. The first-order valence-electron chi connectivity index (χ1n) is 6.19. The fraction of sp³-hybridized carbons (Fsp3) is 0.917. The van der Waals surface area contributed by atoms with Gasteiger partial charge in [0.25, 0.3) is 0 Å². The first-order chi connectivity index (χ1) is 7.48. The summed E-state index contributed by atoms with van der Waals surface area (Å²) >= 11 is 0. The number of carbonyl (C=O) groups excluding carboxylic acids is 1. The van der Waals surface area contributed by atoms with Crippen molar-refractivity contribution in [3.63, 3.8) is 0 Å². The molecule has 1 aliphatic rings. The van der Waals surface area contributed by atoms with Crippen molar-refractivity contribution in [2.45, 2.75) is 51.2 Å². The standard InChI is InChI=1S/C12H24N2O2/c1-4-14(3)11(15)10(2)13-9-12(16)7-5-6-8-12/h10,13,16H,4-9H2,1-3H3. The average Bonchev–Trinajstić information content (AvgIpc) is 2.71. The highest BCUT2D eigenvalue weighted by Crippen LogP contribution is 2.28. The van der Waals surface area contributed by atoms with Gasteiger partial charge >= 0.3 is 0 Å². The van der Waals surface area contributed by atoms with Crippen LogP contribution in [0.4, 0.5) is 0 Å². The highest BCUT2D eigenvalue weighted by molar-refractivity contribution is 5.81. The van der Waals surface area contributed by atoms with Gasteiger partial charge in [-0.1, -0.05) is 12.8 Å². The van der Waals surface area contributed by atoms with Crippen molar-refractivity contribution in [2.75, 3.05) is 20.1 Å². The van der Waals surface area contributed by atoms with Gasteiger partial charge in [0, 0.05) is 20.1 Å². The highest BCUT2D eigenvalue weighted by Gasteiger charge is 2.31. The molecule has 0 aromatic carbocycles. The Bertz CT molecular complexity index is 237. The summed E-state index contributed by atoms with van der Waals surface area (Å²) in [4.78, 5) is 13.5. The maximum atomic E-state index is 11.8. The van der Waals surface area contributed by atoms with Crippen molar-refractivity contribution in [3.05, 3.63) is 0 Å². The summed E-state index contributed by atoms with van der Waals surface area (Å²) in [7, 11) is 1.80. The summed E-state index contributed by atoms with van der Waals surface area (Å²) in [5, 5.41) is 13.3. The Morgan fingerprint density at radius 3 is 2.56 bits per heavy atom. The summed E-state index contributed by atoms with van der Waals surface area (Å²) in [5.74, 6) is 0.0871. The lowest BCUT2D eigenvalue weighted by molar-refractivity contribution is -0.131. The van der Waals surface area contributed by atoms with Crippen molar-refractivity contribution >= 4 is 5.91 Å². The Hall–Kier alpha value is -0.610. The fourth-order valence-corrected chi connectivity index (χ4v) is 2.13. The molecule has 1 aliphatic carbocycles. The van der Waals surface area contributed by atoms with Crippen LogP contribution >= 0.6 is 0 Å². The molecule has 1 unspecified atom stereocenters. The molecule has 1 fully saturated rings. The SMILES string of the molecule is CCN(C)C(=O)C(C)NCC1(O)CCCC1. The molecule has 94 valence electrons. The van der Waals surface area contributed by atoms with Crippen molar-refractivity contribution < 1.29 is 9.90 Å². The third-order valence-corrected chi connectivity index (χ3v) is 3.49. The molecule has 4 heteroatoms. The summed E-state index contributed by atoms with van der Waals surface area (Å²) < 4.78 is 0. The van der Waals surface area contributed by atoms with Crippen LogP contribution in [0.2, 0.25) is 0 Å². The molecule has 0 spiro atoms. The van der Waals surface area contributed by atoms with Crippen LogP contribution in [0.25, 0.3) is 0 Å². The Kier molecular flexibility index (Phi) is 4.74. The first-order valence-corrected chi connectivity index (χ1v) is 6.19. The number of rotatable bonds is 5. The molecule has 1 amide bonds. The van der Waals surface area contributed by atoms with E-state index in [4.69, 9.17) is 0 Å². The molecular weight excluding hydrogens is 204 g/mol. The summed E-state index contributed by atoms with van der Waals surface area (Å²) in [6.45, 7) is 5.05. The summed E-state index contributed by atoms with van der Waals surface area (Å²) in [6, 6.07) is -0.213. The van der Waals surface area contributed by atoms with Gasteiger partial charge in [-0.3, -0.25) is 4.79 Å². The van der Waals surface area contributed by atoms with Gasteiger partial charge < -0.3 is 15.3 Å². The van der Waals surface area contributed by atoms with E-state index < -0.39 is 5.60 Å². The maximum absolute atomic E-state index is 11.8. The van der Waals surface area contributed by atoms with Crippen LogP contribution in [0.1, 0.15) is 39.5 Å². The number of likely N-dealkylation sites (N-methyl/N-ethyl adjacent to an activating group) is 1. The van der Waals surface area contributed by atoms with E-state index in [9.17, 15) is 9.90 Å². The molecule has 1 saturated carbocycles. The second kappa shape index (κ2) is 5.64. The van der Waals surface area contributed by atoms with Crippen LogP contribution in [-0.4, -0.2) is 47.7 Å². The number of carbonyl (C=O) groups is 1. The predicted octanol–water partition coefficient (Wildman–Crippen LogP) is 0.748. The van der Waals surface area contributed by atoms with E-state index in [1.807, 2.05) is 13.8 Å². The van der Waals surface area contributed by atoms with E-state index in [-0.39, 0.29) is 11.9 Å². The molecular formula is C12H24N2O2. The van der Waals surface area contributed by atoms with Crippen molar-refractivity contribution in [3.8, 4) is 0 Å². The van der Waals surface area contributed by atoms with E-state index in [2.05, 4.69) is 5.32 Å². The molecule has 0 saturated heterocycles. The predicted molar refractivity (Wildman–Crippen MR) is 64.2 cm³/mol. The number of aliphatic hydroxyl groups is 1. The van der Waals surface area contributed by atoms with Gasteiger partial charge in [0.05, 0.1) is 11.6 Å². The zero-order valence-corrected chi connectivity index (χ0v) is 10.6. The average molecular weight is 228 g/mol. The molecule has 1 rings (SSSR count). The molecule has 0 aromatic rings. The van der Waals surface area contributed by atoms with Crippen LogP contribution in [0.3, 0.4) is 0 Å². The monoisotopic (exact) mass is 228 g/mol. The number of hydrogen-bond acceptors (Lipinski definition) is 3. The first kappa shape index (κ1) is 13.5. The van der Waals surface area contributed by atoms with E-state index in [0.29, 0.717) is 6.54 Å². The normalized spacial score (nSPS) is 20.8. The molecule has 2 N–H and O–H groups in total. The summed E-state index contributed by atoms with van der Waals surface area (Å²) in [6.07, 6.45) is 3.89. The molecule has 0 heterocycles. The Balaban J connectivity index is 2.34. The zero-order valence-electron chi connectivity index (χ0n) is 10.6. The molecule has 4 nitrogen and oxygen atoms in total. The lowest BCUT2D eigenvalue weighted by Gasteiger charge is -2.26. The summed E-state index contributed by atoms with van der Waals surface area (Å²) in [5.41, 5.74) is -0.584. The molecule has 0 bridgehead atoms. The van der Waals surface area contributed by atoms with Crippen molar-refractivity contribution in [1.82, 2.24) is 10.2 Å². The largest absolute Gasteiger partial charge is 0.389 e. The van der Waals surface area contributed by atoms with Crippen molar-refractivity contribution in [1.29, 1.82) is 0 Å². The Morgan fingerprint density at radius 1 is 1.50 bits per heavy atom. The minimum absolute atomic E-state index is 0.0871. The number of hydrogen-bond donors (Lipinski definition) is 2. The molecule has 1 atom stereocenters. The fourth-order valence-electron chi connectivity index (χ4n) is 2.13. The van der Waals surface area contributed by atoms with E-state index >= 15 is 0 Å². The lowest BCUT2D eigenvalue weighted by Crippen LogP contribution is -2.48. The number of nitrogens with one attached hydrogen (secondary N) is 1. The van der Waals surface area contributed by atoms with Gasteiger partial charge in [-0.2, -0.15) is 0 Å². The molecule has 0 aliphatic heterocycles. The van der Waals surface area contributed by atoms with E-state index in [1.54, 1.807) is 11.9 Å². The number of nitrogens with zero attached hydrogens (tertiary/aromatic N) is 1. The van der Waals surface area contributed by atoms with E-state index in [1.165, 1.54) is 0 Å². The molecule has 0 aromatic heterocycles. The van der Waals surface area contributed by atoms with Gasteiger partial charge in [0.1, 0.15) is 0 Å². The second-order valence-corrected chi connectivity index (χ2v) is 4.89. The second-order valence-electron chi connectivity index (χ2n) is 4.89. The van der Waals surface area contributed by atoms with E-state index in [0.717, 1.165) is 32.2 Å². The quantitative estimate of drug-likeness (QED) is 0.730. The Labute approximate surface area is 98.0 Å². The maximum Gasteiger partial charge on any atom is 0.239 e. The topological polar surface area (TPSA) is 52.6 Å². The highest BCUT2D eigenvalue weighted by atomic mass is 16.3. The third-order valence-electron chi connectivity index (χ3n) is 3.49. The number of amides is 1. The minimum atomic E-state index is -0.584. The van der Waals surface area contributed by atoms with Gasteiger partial charge in [-0.05, 0) is 26.7 Å². The third kappa shape index (κ3) is 3.46. The molecule has 0 radical (unpaired) electrons. The Morgan fingerprint density at radius 2 is 2.06 bits per heavy atom. The van der Waals surface area contributed by atoms with Gasteiger partial charge in [0.2, 0.25) is 5.91 Å². The van der Waals surface area contributed by atoms with Crippen LogP contribution in [0, 0.1) is 0 Å². The van der Waals surface area contributed by atoms with Gasteiger partial charge in [-0.25, -0.2) is 0 Å². The van der Waals surface area contributed by atoms with Gasteiger partial charge in [0.15, 0.2) is 0 Å². The van der Waals surface area contributed by atoms with Crippen LogP contribution < -0.4 is 5.32 Å².